The number of nitrogens with one attached hydrogen (secondary N) is 2. The van der Waals surface area contributed by atoms with Crippen LogP contribution in [0.4, 0.5) is 11.9 Å². The van der Waals surface area contributed by atoms with Gasteiger partial charge in [-0.15, -0.1) is 0 Å². The van der Waals surface area contributed by atoms with Crippen LogP contribution in [0.15, 0.2) is 19.2 Å². The van der Waals surface area contributed by atoms with Crippen LogP contribution in [-0.2, 0) is 27.2 Å². The highest BCUT2D eigenvalue weighted by molar-refractivity contribution is 5.75. The monoisotopic (exact) mass is 538 g/mol. The highest BCUT2D eigenvalue weighted by Crippen LogP contribution is 2.26. The Morgan fingerprint density at radius 3 is 1.38 bits per heavy atom. The molecule has 208 valence electrons. The summed E-state index contributed by atoms with van der Waals surface area (Å²) in [7, 11) is 3.22. The highest BCUT2D eigenvalue weighted by Gasteiger charge is 2.25. The number of aromatic amines is 2. The molecule has 6 heterocycles. The number of nitrogens with zero attached hydrogens (tertiary/aromatic N) is 8. The maximum absolute atomic E-state index is 13.0. The largest absolute Gasteiger partial charge is 0.342 e. The van der Waals surface area contributed by atoms with E-state index in [2.05, 4.69) is 19.8 Å². The van der Waals surface area contributed by atoms with Gasteiger partial charge >= 0.3 is 11.4 Å². The molecule has 0 aromatic carbocycles. The van der Waals surface area contributed by atoms with Gasteiger partial charge in [0.15, 0.2) is 22.3 Å². The lowest BCUT2D eigenvalue weighted by atomic mass is 10.1. The van der Waals surface area contributed by atoms with Crippen molar-refractivity contribution < 1.29 is 0 Å². The van der Waals surface area contributed by atoms with Crippen molar-refractivity contribution in [3.05, 3.63) is 41.7 Å². The quantitative estimate of drug-likeness (QED) is 0.354. The molecule has 2 fully saturated rings. The number of imidazole rings is 2. The Morgan fingerprint density at radius 1 is 0.615 bits per heavy atom. The van der Waals surface area contributed by atoms with E-state index in [1.165, 1.54) is 9.13 Å². The molecule has 0 amide bonds. The Labute approximate surface area is 222 Å². The van der Waals surface area contributed by atoms with Crippen LogP contribution in [0.1, 0.15) is 44.9 Å². The molecule has 0 aliphatic carbocycles. The third-order valence-corrected chi connectivity index (χ3v) is 8.02. The SMILES string of the molecule is Cn1c(=O)[nH]c(=O)c2c1nc(N1CCCCC1)n2CCCn1c(N2CCCCC2)nc2c1c(=O)[nH]c(=O)n2C. The normalized spacial score (nSPS) is 16.6. The smallest absolute Gasteiger partial charge is 0.329 e. The zero-order valence-electron chi connectivity index (χ0n) is 22.4. The molecule has 0 unspecified atom stereocenters. The number of H-pyrrole nitrogens is 2. The van der Waals surface area contributed by atoms with E-state index in [1.807, 2.05) is 9.13 Å². The molecule has 2 aliphatic rings. The van der Waals surface area contributed by atoms with E-state index in [0.717, 1.165) is 64.7 Å². The van der Waals surface area contributed by atoms with Gasteiger partial charge in [-0.2, -0.15) is 9.97 Å². The van der Waals surface area contributed by atoms with Crippen molar-refractivity contribution in [2.45, 2.75) is 58.0 Å². The summed E-state index contributed by atoms with van der Waals surface area (Å²) in [5, 5.41) is 0. The van der Waals surface area contributed by atoms with Crippen LogP contribution in [0.3, 0.4) is 0 Å². The average Bonchev–Trinajstić information content (AvgIpc) is 3.52. The molecular formula is C25H34N10O4. The topological polar surface area (TPSA) is 152 Å². The zero-order chi connectivity index (χ0) is 27.3. The molecule has 2 saturated heterocycles. The minimum atomic E-state index is -0.497. The van der Waals surface area contributed by atoms with Crippen molar-refractivity contribution in [3.8, 4) is 0 Å². The second-order valence-electron chi connectivity index (χ2n) is 10.6. The lowest BCUT2D eigenvalue weighted by Crippen LogP contribution is -2.33. The predicted molar refractivity (Wildman–Crippen MR) is 148 cm³/mol. The van der Waals surface area contributed by atoms with Gasteiger partial charge in [-0.05, 0) is 44.9 Å². The van der Waals surface area contributed by atoms with Crippen molar-refractivity contribution >= 4 is 34.2 Å². The molecule has 0 bridgehead atoms. The summed E-state index contributed by atoms with van der Waals surface area (Å²) in [6, 6.07) is 0. The third kappa shape index (κ3) is 4.27. The molecule has 2 aliphatic heterocycles. The first-order valence-electron chi connectivity index (χ1n) is 13.7. The summed E-state index contributed by atoms with van der Waals surface area (Å²) in [6.07, 6.45) is 7.05. The molecule has 6 rings (SSSR count). The van der Waals surface area contributed by atoms with Gasteiger partial charge in [0, 0.05) is 53.4 Å². The number of aromatic nitrogens is 8. The van der Waals surface area contributed by atoms with Crippen LogP contribution >= 0.6 is 0 Å². The molecule has 14 nitrogen and oxygen atoms in total. The van der Waals surface area contributed by atoms with Gasteiger partial charge in [0.05, 0.1) is 0 Å². The first kappa shape index (κ1) is 25.2. The fourth-order valence-electron chi connectivity index (χ4n) is 5.93. The molecular weight excluding hydrogens is 504 g/mol. The Morgan fingerprint density at radius 2 is 1.00 bits per heavy atom. The number of fused-ring (bicyclic) bond motifs is 2. The minimum Gasteiger partial charge on any atom is -0.342 e. The summed E-state index contributed by atoms with van der Waals surface area (Å²) >= 11 is 0. The molecule has 4 aromatic heterocycles. The zero-order valence-corrected chi connectivity index (χ0v) is 22.4. The number of rotatable bonds is 6. The van der Waals surface area contributed by atoms with E-state index in [4.69, 9.17) is 9.97 Å². The van der Waals surface area contributed by atoms with Crippen molar-refractivity contribution in [1.82, 2.24) is 38.2 Å². The molecule has 39 heavy (non-hydrogen) atoms. The third-order valence-electron chi connectivity index (χ3n) is 8.02. The van der Waals surface area contributed by atoms with Gasteiger partial charge in [0.1, 0.15) is 0 Å². The fourth-order valence-corrected chi connectivity index (χ4v) is 5.93. The molecule has 0 spiro atoms. The Kier molecular flexibility index (Phi) is 6.39. The molecule has 0 saturated carbocycles. The number of hydrogen-bond donors (Lipinski definition) is 2. The Hall–Kier alpha value is -4.10. The predicted octanol–water partition coefficient (Wildman–Crippen LogP) is 0.231. The van der Waals surface area contributed by atoms with Gasteiger partial charge < -0.3 is 18.9 Å². The van der Waals surface area contributed by atoms with E-state index in [9.17, 15) is 19.2 Å². The molecule has 4 aromatic rings. The van der Waals surface area contributed by atoms with Gasteiger partial charge in [0.2, 0.25) is 11.9 Å². The average molecular weight is 539 g/mol. The molecule has 14 heteroatoms. The number of piperidine rings is 2. The summed E-state index contributed by atoms with van der Waals surface area (Å²) in [5.41, 5.74) is -0.466. The van der Waals surface area contributed by atoms with Crippen LogP contribution in [0.25, 0.3) is 22.3 Å². The maximum atomic E-state index is 13.0. The second kappa shape index (κ2) is 9.89. The molecule has 0 radical (unpaired) electrons. The Balaban J connectivity index is 1.41. The van der Waals surface area contributed by atoms with Crippen molar-refractivity contribution in [1.29, 1.82) is 0 Å². The Bertz CT molecular complexity index is 1640. The standard InChI is InChI=1S/C25H34N10O4/c1-30-18-16(20(36)28-24(30)38)34(22(26-18)32-10-5-3-6-11-32)14-9-15-35-17-19(31(2)25(39)29-21(17)37)27-23(35)33-12-7-4-8-13-33/h3-15H2,1-2H3,(H,28,36,38)(H,29,37,39). The second-order valence-corrected chi connectivity index (χ2v) is 10.6. The van der Waals surface area contributed by atoms with Gasteiger partial charge in [-0.3, -0.25) is 28.7 Å². The van der Waals surface area contributed by atoms with Gasteiger partial charge in [0.25, 0.3) is 11.1 Å². The summed E-state index contributed by atoms with van der Waals surface area (Å²) in [4.78, 5) is 69.2. The number of hydrogen-bond acceptors (Lipinski definition) is 8. The van der Waals surface area contributed by atoms with E-state index in [0.29, 0.717) is 53.7 Å². The summed E-state index contributed by atoms with van der Waals surface area (Å²) in [5.74, 6) is 1.37. The van der Waals surface area contributed by atoms with E-state index < -0.39 is 22.5 Å². The molecule has 0 atom stereocenters. The highest BCUT2D eigenvalue weighted by atomic mass is 16.2. The molecule has 2 N–H and O–H groups in total. The fraction of sp³-hybridized carbons (Fsp3) is 0.600. The van der Waals surface area contributed by atoms with Gasteiger partial charge in [-0.1, -0.05) is 0 Å². The van der Waals surface area contributed by atoms with E-state index >= 15 is 0 Å². The number of aryl methyl sites for hydroxylation is 4. The van der Waals surface area contributed by atoms with Gasteiger partial charge in [-0.25, -0.2) is 9.59 Å². The minimum absolute atomic E-state index is 0.359. The van der Waals surface area contributed by atoms with Crippen LogP contribution < -0.4 is 32.3 Å². The first-order chi connectivity index (χ1) is 18.8. The lowest BCUT2D eigenvalue weighted by Gasteiger charge is -2.29. The number of anilines is 2. The van der Waals surface area contributed by atoms with Crippen molar-refractivity contribution in [2.75, 3.05) is 36.0 Å². The lowest BCUT2D eigenvalue weighted by molar-refractivity contribution is 0.526. The van der Waals surface area contributed by atoms with Crippen molar-refractivity contribution in [2.24, 2.45) is 14.1 Å². The van der Waals surface area contributed by atoms with Crippen molar-refractivity contribution in [3.63, 3.8) is 0 Å². The van der Waals surface area contributed by atoms with E-state index in [1.54, 1.807) is 14.1 Å². The van der Waals surface area contributed by atoms with Crippen LogP contribution in [0.5, 0.6) is 0 Å². The van der Waals surface area contributed by atoms with Crippen LogP contribution in [0, 0.1) is 0 Å². The summed E-state index contributed by atoms with van der Waals surface area (Å²) in [6.45, 7) is 4.25. The first-order valence-corrected chi connectivity index (χ1v) is 13.7. The van der Waals surface area contributed by atoms with Crippen LogP contribution in [0.2, 0.25) is 0 Å². The summed E-state index contributed by atoms with van der Waals surface area (Å²) < 4.78 is 6.55. The van der Waals surface area contributed by atoms with Crippen LogP contribution in [-0.4, -0.2) is 64.4 Å². The maximum Gasteiger partial charge on any atom is 0.329 e. The van der Waals surface area contributed by atoms with E-state index in [-0.39, 0.29) is 0 Å².